The van der Waals surface area contributed by atoms with E-state index < -0.39 is 5.24 Å². The Bertz CT molecular complexity index is 314. The molecule has 1 atom stereocenters. The fourth-order valence-corrected chi connectivity index (χ4v) is 1.58. The summed E-state index contributed by atoms with van der Waals surface area (Å²) in [6.45, 7) is 0. The van der Waals surface area contributed by atoms with E-state index in [9.17, 15) is 4.79 Å². The van der Waals surface area contributed by atoms with Crippen LogP contribution in [0, 0.1) is 0 Å². The summed E-state index contributed by atoms with van der Waals surface area (Å²) < 4.78 is 0. The Kier molecular flexibility index (Phi) is 4.23. The van der Waals surface area contributed by atoms with Crippen LogP contribution in [-0.4, -0.2) is 10.1 Å². The van der Waals surface area contributed by atoms with Gasteiger partial charge in [0.1, 0.15) is 0 Å². The Morgan fingerprint density at radius 1 is 1.46 bits per heavy atom. The van der Waals surface area contributed by atoms with Gasteiger partial charge in [-0.25, -0.2) is 0 Å². The van der Waals surface area contributed by atoms with Crippen molar-refractivity contribution < 1.29 is 4.79 Å². The highest BCUT2D eigenvalue weighted by Gasteiger charge is 2.13. The number of halogens is 3. The molecule has 0 aliphatic heterocycles. The third-order valence-electron chi connectivity index (χ3n) is 1.60. The second-order valence-electron chi connectivity index (χ2n) is 2.57. The van der Waals surface area contributed by atoms with Gasteiger partial charge in [-0.05, 0) is 29.7 Å². The average Bonchev–Trinajstić information content (AvgIpc) is 2.08. The van der Waals surface area contributed by atoms with Crippen LogP contribution in [0.2, 0.25) is 5.02 Å². The first-order valence-electron chi connectivity index (χ1n) is 3.68. The molecule has 0 heterocycles. The predicted molar refractivity (Wildman–Crippen MR) is 58.7 cm³/mol. The quantitative estimate of drug-likeness (QED) is 0.613. The minimum absolute atomic E-state index is 0.367. The second kappa shape index (κ2) is 4.99. The number of carbonyl (C=O) groups is 1. The highest BCUT2D eigenvalue weighted by atomic mass is 79.9. The zero-order chi connectivity index (χ0) is 9.84. The van der Waals surface area contributed by atoms with E-state index in [4.69, 9.17) is 23.2 Å². The molecule has 0 bridgehead atoms. The summed E-state index contributed by atoms with van der Waals surface area (Å²) in [5, 5.41) is 0.254. The van der Waals surface area contributed by atoms with E-state index in [-0.39, 0.29) is 4.83 Å². The molecule has 0 N–H and O–H groups in total. The summed E-state index contributed by atoms with van der Waals surface area (Å²) in [5.74, 6) is 0. The molecule has 0 saturated heterocycles. The first-order valence-corrected chi connectivity index (χ1v) is 5.35. The van der Waals surface area contributed by atoms with Crippen LogP contribution in [0.4, 0.5) is 0 Å². The van der Waals surface area contributed by atoms with Gasteiger partial charge in [-0.3, -0.25) is 4.79 Å². The van der Waals surface area contributed by atoms with Gasteiger partial charge in [-0.2, -0.15) is 0 Å². The normalized spacial score (nSPS) is 12.5. The molecule has 1 unspecified atom stereocenters. The van der Waals surface area contributed by atoms with Gasteiger partial charge in [0.2, 0.25) is 5.24 Å². The van der Waals surface area contributed by atoms with Crippen molar-refractivity contribution in [3.8, 4) is 0 Å². The molecule has 0 fully saturated rings. The molecule has 0 aromatic heterocycles. The van der Waals surface area contributed by atoms with E-state index in [1.54, 1.807) is 6.07 Å². The number of benzene rings is 1. The van der Waals surface area contributed by atoms with Crippen LogP contribution in [0.3, 0.4) is 0 Å². The lowest BCUT2D eigenvalue weighted by Gasteiger charge is -2.05. The van der Waals surface area contributed by atoms with Gasteiger partial charge in [-0.1, -0.05) is 45.7 Å². The minimum Gasteiger partial charge on any atom is -0.280 e. The second-order valence-corrected chi connectivity index (χ2v) is 4.45. The molecule has 13 heavy (non-hydrogen) atoms. The minimum atomic E-state index is -0.403. The molecule has 1 aromatic rings. The molecule has 0 aliphatic rings. The van der Waals surface area contributed by atoms with Gasteiger partial charge < -0.3 is 0 Å². The van der Waals surface area contributed by atoms with Crippen LogP contribution in [0.5, 0.6) is 0 Å². The van der Waals surface area contributed by atoms with Crippen LogP contribution in [-0.2, 0) is 11.2 Å². The highest BCUT2D eigenvalue weighted by molar-refractivity contribution is 9.10. The summed E-state index contributed by atoms with van der Waals surface area (Å²) in [6, 6.07) is 7.38. The van der Waals surface area contributed by atoms with Crippen molar-refractivity contribution in [1.82, 2.24) is 0 Å². The summed E-state index contributed by atoms with van der Waals surface area (Å²) >= 11 is 14.4. The molecule has 1 aromatic carbocycles. The molecule has 0 radical (unpaired) electrons. The van der Waals surface area contributed by atoms with Crippen LogP contribution < -0.4 is 0 Å². The largest absolute Gasteiger partial charge is 0.280 e. The Morgan fingerprint density at radius 3 is 2.62 bits per heavy atom. The summed E-state index contributed by atoms with van der Waals surface area (Å²) in [5.41, 5.74) is 0.917. The van der Waals surface area contributed by atoms with Crippen molar-refractivity contribution >= 4 is 44.4 Å². The molecule has 1 rings (SSSR count). The molecule has 70 valence electrons. The zero-order valence-electron chi connectivity index (χ0n) is 6.64. The Hall–Kier alpha value is -0.0500. The van der Waals surface area contributed by atoms with Crippen molar-refractivity contribution in [3.63, 3.8) is 0 Å². The lowest BCUT2D eigenvalue weighted by Crippen LogP contribution is -2.10. The van der Waals surface area contributed by atoms with Gasteiger partial charge in [0.25, 0.3) is 0 Å². The molecule has 1 nitrogen and oxygen atoms in total. The number of hydrogen-bond donors (Lipinski definition) is 0. The standard InChI is InChI=1S/C9H7BrCl2O/c10-7(9(12)13)5-6-3-1-2-4-8(6)11/h1-4,7H,5H2. The number of hydrogen-bond acceptors (Lipinski definition) is 1. The summed E-state index contributed by atoms with van der Waals surface area (Å²) in [7, 11) is 0. The first kappa shape index (κ1) is 11.0. The highest BCUT2D eigenvalue weighted by Crippen LogP contribution is 2.20. The smallest absolute Gasteiger partial charge is 0.235 e. The molecular weight excluding hydrogens is 275 g/mol. The van der Waals surface area contributed by atoms with Crippen molar-refractivity contribution in [2.45, 2.75) is 11.2 Å². The van der Waals surface area contributed by atoms with Crippen molar-refractivity contribution in [2.24, 2.45) is 0 Å². The van der Waals surface area contributed by atoms with E-state index in [1.165, 1.54) is 0 Å². The number of carbonyl (C=O) groups excluding carboxylic acids is 1. The van der Waals surface area contributed by atoms with E-state index >= 15 is 0 Å². The maximum Gasteiger partial charge on any atom is 0.235 e. The van der Waals surface area contributed by atoms with Gasteiger partial charge in [0.15, 0.2) is 0 Å². The van der Waals surface area contributed by atoms with Crippen molar-refractivity contribution in [2.75, 3.05) is 0 Å². The Morgan fingerprint density at radius 2 is 2.08 bits per heavy atom. The van der Waals surface area contributed by atoms with Crippen molar-refractivity contribution in [1.29, 1.82) is 0 Å². The number of rotatable bonds is 3. The lowest BCUT2D eigenvalue weighted by molar-refractivity contribution is -0.111. The molecule has 0 aliphatic carbocycles. The third kappa shape index (κ3) is 3.29. The maximum absolute atomic E-state index is 10.7. The van der Waals surface area contributed by atoms with Crippen LogP contribution in [0.25, 0.3) is 0 Å². The Labute approximate surface area is 95.2 Å². The zero-order valence-corrected chi connectivity index (χ0v) is 9.73. The van der Waals surface area contributed by atoms with Crippen LogP contribution in [0.1, 0.15) is 5.56 Å². The molecule has 4 heteroatoms. The van der Waals surface area contributed by atoms with E-state index in [0.717, 1.165) is 5.56 Å². The first-order chi connectivity index (χ1) is 6.11. The van der Waals surface area contributed by atoms with E-state index in [2.05, 4.69) is 15.9 Å². The SMILES string of the molecule is O=C(Cl)C(Br)Cc1ccccc1Cl. The van der Waals surface area contributed by atoms with Crippen LogP contribution in [0.15, 0.2) is 24.3 Å². The van der Waals surface area contributed by atoms with E-state index in [0.29, 0.717) is 11.4 Å². The monoisotopic (exact) mass is 280 g/mol. The topological polar surface area (TPSA) is 17.1 Å². The van der Waals surface area contributed by atoms with Gasteiger partial charge in [-0.15, -0.1) is 0 Å². The lowest BCUT2D eigenvalue weighted by atomic mass is 10.1. The van der Waals surface area contributed by atoms with E-state index in [1.807, 2.05) is 18.2 Å². The van der Waals surface area contributed by atoms with Gasteiger partial charge in [0, 0.05) is 5.02 Å². The molecular formula is C9H7BrCl2O. The van der Waals surface area contributed by atoms with Gasteiger partial charge in [0.05, 0.1) is 4.83 Å². The number of alkyl halides is 1. The predicted octanol–water partition coefficient (Wildman–Crippen LogP) is 3.41. The molecule has 0 spiro atoms. The summed E-state index contributed by atoms with van der Waals surface area (Å²) in [6.07, 6.45) is 0.516. The maximum atomic E-state index is 10.7. The van der Waals surface area contributed by atoms with Crippen LogP contribution >= 0.6 is 39.1 Å². The fraction of sp³-hybridized carbons (Fsp3) is 0.222. The fourth-order valence-electron chi connectivity index (χ4n) is 0.937. The summed E-state index contributed by atoms with van der Waals surface area (Å²) in [4.78, 5) is 10.4. The van der Waals surface area contributed by atoms with Gasteiger partial charge >= 0.3 is 0 Å². The Balaban J connectivity index is 2.74. The average molecular weight is 282 g/mol. The molecule has 0 saturated carbocycles. The molecule has 0 amide bonds. The van der Waals surface area contributed by atoms with Crippen molar-refractivity contribution in [3.05, 3.63) is 34.9 Å². The third-order valence-corrected chi connectivity index (χ3v) is 3.24.